The van der Waals surface area contributed by atoms with Gasteiger partial charge in [0.15, 0.2) is 0 Å². The molecule has 1 aliphatic rings. The molecule has 3 rings (SSSR count). The second kappa shape index (κ2) is 6.51. The topological polar surface area (TPSA) is 67.2 Å². The lowest BCUT2D eigenvalue weighted by Gasteiger charge is -2.09. The number of hydrogen-bond acceptors (Lipinski definition) is 3. The third kappa shape index (κ3) is 3.35. The minimum absolute atomic E-state index is 0.0532. The molecular weight excluding hydrogens is 302 g/mol. The van der Waals surface area contributed by atoms with Crippen molar-refractivity contribution in [1.29, 1.82) is 0 Å². The molecule has 0 unspecified atom stereocenters. The fourth-order valence-electron chi connectivity index (χ4n) is 2.64. The smallest absolute Gasteiger partial charge is 0.226 e. The van der Waals surface area contributed by atoms with Gasteiger partial charge in [0.05, 0.1) is 12.2 Å². The molecule has 1 amide bonds. The maximum Gasteiger partial charge on any atom is 0.226 e. The van der Waals surface area contributed by atoms with E-state index in [1.807, 2.05) is 30.7 Å². The van der Waals surface area contributed by atoms with Crippen LogP contribution in [0, 0.1) is 5.92 Å². The molecule has 1 saturated carbocycles. The summed E-state index contributed by atoms with van der Waals surface area (Å²) in [5.41, 5.74) is 3.19. The highest BCUT2D eigenvalue weighted by Crippen LogP contribution is 2.42. The van der Waals surface area contributed by atoms with Gasteiger partial charge in [-0.25, -0.2) is 0 Å². The molecule has 24 heavy (non-hydrogen) atoms. The van der Waals surface area contributed by atoms with Crippen molar-refractivity contribution in [3.8, 4) is 17.0 Å². The lowest BCUT2D eigenvalue weighted by molar-refractivity contribution is -0.118. The van der Waals surface area contributed by atoms with E-state index in [0.717, 1.165) is 5.69 Å². The number of aromatic nitrogens is 2. The van der Waals surface area contributed by atoms with Crippen molar-refractivity contribution in [1.82, 2.24) is 9.78 Å². The second-order valence-corrected chi connectivity index (χ2v) is 6.58. The van der Waals surface area contributed by atoms with Crippen molar-refractivity contribution >= 4 is 11.6 Å². The van der Waals surface area contributed by atoms with E-state index < -0.39 is 0 Å². The molecular formula is C19H23N3O2. The van der Waals surface area contributed by atoms with E-state index in [1.54, 1.807) is 18.2 Å². The van der Waals surface area contributed by atoms with Crippen molar-refractivity contribution < 1.29 is 9.90 Å². The zero-order chi connectivity index (χ0) is 17.3. The largest absolute Gasteiger partial charge is 0.507 e. The van der Waals surface area contributed by atoms with Crippen LogP contribution in [-0.2, 0) is 11.3 Å². The summed E-state index contributed by atoms with van der Waals surface area (Å²) in [5.74, 6) is 0.554. The van der Waals surface area contributed by atoms with Gasteiger partial charge in [0.2, 0.25) is 5.91 Å². The molecule has 1 aliphatic carbocycles. The van der Waals surface area contributed by atoms with Crippen molar-refractivity contribution in [2.75, 3.05) is 5.32 Å². The molecule has 0 radical (unpaired) electrons. The van der Waals surface area contributed by atoms with Gasteiger partial charge < -0.3 is 10.4 Å². The van der Waals surface area contributed by atoms with Gasteiger partial charge in [-0.3, -0.25) is 9.48 Å². The summed E-state index contributed by atoms with van der Waals surface area (Å²) in [6.07, 6.45) is 4.18. The number of carbonyl (C=O) groups is 1. The van der Waals surface area contributed by atoms with Crippen LogP contribution < -0.4 is 5.32 Å². The Morgan fingerprint density at radius 2 is 2.21 bits per heavy atom. The molecule has 0 aliphatic heterocycles. The Hall–Kier alpha value is -2.56. The molecule has 1 heterocycles. The third-order valence-electron chi connectivity index (χ3n) is 4.17. The van der Waals surface area contributed by atoms with Crippen LogP contribution in [-0.4, -0.2) is 20.8 Å². The Kier molecular flexibility index (Phi) is 4.42. The molecule has 0 atom stereocenters. The van der Waals surface area contributed by atoms with Crippen LogP contribution in [0.25, 0.3) is 11.3 Å². The van der Waals surface area contributed by atoms with Crippen molar-refractivity contribution in [3.05, 3.63) is 42.6 Å². The monoisotopic (exact) mass is 325 g/mol. The van der Waals surface area contributed by atoms with Gasteiger partial charge in [-0.15, -0.1) is 6.58 Å². The van der Waals surface area contributed by atoms with Gasteiger partial charge in [0.25, 0.3) is 0 Å². The molecule has 1 aromatic carbocycles. The quantitative estimate of drug-likeness (QED) is 0.625. The van der Waals surface area contributed by atoms with Crippen molar-refractivity contribution in [3.63, 3.8) is 0 Å². The first kappa shape index (κ1) is 16.3. The fraction of sp³-hybridized carbons (Fsp3) is 0.368. The Bertz CT molecular complexity index is 773. The van der Waals surface area contributed by atoms with Gasteiger partial charge >= 0.3 is 0 Å². The minimum Gasteiger partial charge on any atom is -0.507 e. The number of benzene rings is 1. The predicted octanol–water partition coefficient (Wildman–Crippen LogP) is 3.91. The maximum atomic E-state index is 11.9. The zero-order valence-corrected chi connectivity index (χ0v) is 14.1. The molecule has 0 spiro atoms. The number of hydrogen-bond donors (Lipinski definition) is 2. The van der Waals surface area contributed by atoms with E-state index >= 15 is 0 Å². The number of aromatic hydroxyl groups is 1. The third-order valence-corrected chi connectivity index (χ3v) is 4.17. The number of carbonyl (C=O) groups excluding carboxylic acids is 1. The molecule has 2 aromatic rings. The van der Waals surface area contributed by atoms with Gasteiger partial charge in [-0.1, -0.05) is 19.9 Å². The van der Waals surface area contributed by atoms with Crippen LogP contribution in [0.2, 0.25) is 0 Å². The summed E-state index contributed by atoms with van der Waals surface area (Å²) in [6, 6.07) is 7.09. The number of anilines is 1. The summed E-state index contributed by atoms with van der Waals surface area (Å²) in [6.45, 7) is 8.12. The lowest BCUT2D eigenvalue weighted by Crippen LogP contribution is -2.17. The molecule has 5 heteroatoms. The van der Waals surface area contributed by atoms with Crippen LogP contribution >= 0.6 is 0 Å². The first-order chi connectivity index (χ1) is 11.5. The Morgan fingerprint density at radius 3 is 2.83 bits per heavy atom. The van der Waals surface area contributed by atoms with Gasteiger partial charge in [-0.05, 0) is 37.1 Å². The van der Waals surface area contributed by atoms with E-state index in [-0.39, 0.29) is 17.6 Å². The highest BCUT2D eigenvalue weighted by molar-refractivity contribution is 5.93. The zero-order valence-electron chi connectivity index (χ0n) is 14.1. The maximum absolute atomic E-state index is 11.9. The average molecular weight is 325 g/mol. The number of amides is 1. The Balaban J connectivity index is 1.95. The molecule has 2 N–H and O–H groups in total. The summed E-state index contributed by atoms with van der Waals surface area (Å²) in [5, 5.41) is 17.7. The van der Waals surface area contributed by atoms with Crippen LogP contribution in [0.15, 0.2) is 36.9 Å². The van der Waals surface area contributed by atoms with Crippen LogP contribution in [0.1, 0.15) is 38.3 Å². The van der Waals surface area contributed by atoms with Crippen LogP contribution in [0.3, 0.4) is 0 Å². The highest BCUT2D eigenvalue weighted by Gasteiger charge is 2.28. The highest BCUT2D eigenvalue weighted by atomic mass is 16.3. The average Bonchev–Trinajstić information content (AvgIpc) is 3.30. The van der Waals surface area contributed by atoms with E-state index in [2.05, 4.69) is 17.0 Å². The van der Waals surface area contributed by atoms with E-state index in [0.29, 0.717) is 23.7 Å². The van der Waals surface area contributed by atoms with Crippen molar-refractivity contribution in [2.45, 2.75) is 39.2 Å². The number of allylic oxidation sites excluding steroid dienone is 1. The standard InChI is InChI=1S/C19H23N3O2/c1-4-9-22-17(13-5-6-13)11-16(21-22)15-10-14(7-8-18(15)23)20-19(24)12(2)3/h4,7-8,10-13,23H,1,5-6,9H2,2-3H3,(H,20,24). The predicted molar refractivity (Wildman–Crippen MR) is 95.0 cm³/mol. The van der Waals surface area contributed by atoms with Gasteiger partial charge in [0, 0.05) is 28.8 Å². The number of phenols is 1. The summed E-state index contributed by atoms with van der Waals surface area (Å²) in [4.78, 5) is 11.9. The van der Waals surface area contributed by atoms with Gasteiger partial charge in [-0.2, -0.15) is 5.10 Å². The van der Waals surface area contributed by atoms with Crippen LogP contribution in [0.5, 0.6) is 5.75 Å². The summed E-state index contributed by atoms with van der Waals surface area (Å²) in [7, 11) is 0. The SMILES string of the molecule is C=CCn1nc(-c2cc(NC(=O)C(C)C)ccc2O)cc1C1CC1. The summed E-state index contributed by atoms with van der Waals surface area (Å²) >= 11 is 0. The van der Waals surface area contributed by atoms with Crippen LogP contribution in [0.4, 0.5) is 5.69 Å². The second-order valence-electron chi connectivity index (χ2n) is 6.58. The first-order valence-corrected chi connectivity index (χ1v) is 8.32. The Labute approximate surface area is 142 Å². The Morgan fingerprint density at radius 1 is 1.46 bits per heavy atom. The normalized spacial score (nSPS) is 14.0. The van der Waals surface area contributed by atoms with Gasteiger partial charge in [0.1, 0.15) is 5.75 Å². The molecule has 1 aromatic heterocycles. The molecule has 0 bridgehead atoms. The molecule has 1 fully saturated rings. The minimum atomic E-state index is -0.101. The fourth-order valence-corrected chi connectivity index (χ4v) is 2.64. The van der Waals surface area contributed by atoms with Crippen molar-refractivity contribution in [2.24, 2.45) is 5.92 Å². The number of nitrogens with one attached hydrogen (secondary N) is 1. The van der Waals surface area contributed by atoms with E-state index in [1.165, 1.54) is 18.5 Å². The molecule has 126 valence electrons. The van der Waals surface area contributed by atoms with E-state index in [9.17, 15) is 9.90 Å². The number of rotatable bonds is 6. The lowest BCUT2D eigenvalue weighted by atomic mass is 10.1. The first-order valence-electron chi connectivity index (χ1n) is 8.32. The number of nitrogens with zero attached hydrogens (tertiary/aromatic N) is 2. The molecule has 5 nitrogen and oxygen atoms in total. The number of phenolic OH excluding ortho intramolecular Hbond substituents is 1. The molecule has 0 saturated heterocycles. The van der Waals surface area contributed by atoms with E-state index in [4.69, 9.17) is 0 Å². The summed E-state index contributed by atoms with van der Waals surface area (Å²) < 4.78 is 1.94.